The molecule has 7 nitrogen and oxygen atoms in total. The van der Waals surface area contributed by atoms with Gasteiger partial charge < -0.3 is 10.1 Å². The van der Waals surface area contributed by atoms with Gasteiger partial charge in [-0.25, -0.2) is 12.8 Å². The number of amides is 1. The number of carbonyl (C=O) groups is 2. The van der Waals surface area contributed by atoms with Crippen molar-refractivity contribution in [1.82, 2.24) is 4.72 Å². The van der Waals surface area contributed by atoms with E-state index in [1.165, 1.54) is 6.07 Å². The van der Waals surface area contributed by atoms with Gasteiger partial charge in [0, 0.05) is 5.69 Å². The van der Waals surface area contributed by atoms with Crippen LogP contribution in [0.5, 0.6) is 0 Å². The molecule has 0 fully saturated rings. The summed E-state index contributed by atoms with van der Waals surface area (Å²) in [5.41, 5.74) is -1.12. The minimum absolute atomic E-state index is 0.155. The SMILES string of the molecule is O=C(COC(=O)CNS(=O)(=O)c1ccc(F)cc1)Nc1cccc(C(F)(F)F)c1. The third-order valence-electron chi connectivity index (χ3n) is 3.37. The van der Waals surface area contributed by atoms with Crippen LogP contribution < -0.4 is 10.0 Å². The highest BCUT2D eigenvalue weighted by atomic mass is 32.2. The Labute approximate surface area is 162 Å². The molecule has 0 unspecified atom stereocenters. The van der Waals surface area contributed by atoms with Gasteiger partial charge in [0.25, 0.3) is 5.91 Å². The Morgan fingerprint density at radius 2 is 1.69 bits per heavy atom. The second kappa shape index (κ2) is 9.01. The fourth-order valence-electron chi connectivity index (χ4n) is 2.02. The molecule has 0 radical (unpaired) electrons. The Balaban J connectivity index is 1.83. The first-order chi connectivity index (χ1) is 13.5. The molecule has 0 saturated carbocycles. The monoisotopic (exact) mass is 434 g/mol. The van der Waals surface area contributed by atoms with Crippen LogP contribution in [0, 0.1) is 5.82 Å². The molecule has 0 aromatic heterocycles. The molecule has 0 spiro atoms. The van der Waals surface area contributed by atoms with Crippen molar-refractivity contribution in [2.75, 3.05) is 18.5 Å². The average molecular weight is 434 g/mol. The van der Waals surface area contributed by atoms with E-state index in [4.69, 9.17) is 0 Å². The number of hydrogen-bond acceptors (Lipinski definition) is 5. The number of sulfonamides is 1. The van der Waals surface area contributed by atoms with Gasteiger partial charge in [-0.05, 0) is 42.5 Å². The molecule has 0 atom stereocenters. The van der Waals surface area contributed by atoms with Crippen molar-refractivity contribution < 1.29 is 40.3 Å². The highest BCUT2D eigenvalue weighted by molar-refractivity contribution is 7.89. The minimum atomic E-state index is -4.59. The summed E-state index contributed by atoms with van der Waals surface area (Å²) in [6.07, 6.45) is -4.59. The molecular weight excluding hydrogens is 420 g/mol. The molecule has 12 heteroatoms. The van der Waals surface area contributed by atoms with Gasteiger partial charge in [0.15, 0.2) is 6.61 Å². The Hall–Kier alpha value is -2.99. The molecule has 0 heterocycles. The third-order valence-corrected chi connectivity index (χ3v) is 4.79. The van der Waals surface area contributed by atoms with Crippen LogP contribution in [-0.4, -0.2) is 33.4 Å². The second-order valence-corrected chi connectivity index (χ2v) is 7.33. The van der Waals surface area contributed by atoms with Gasteiger partial charge in [-0.3, -0.25) is 9.59 Å². The van der Waals surface area contributed by atoms with E-state index in [9.17, 15) is 35.6 Å². The maximum Gasteiger partial charge on any atom is 0.416 e. The molecule has 2 aromatic carbocycles. The van der Waals surface area contributed by atoms with E-state index >= 15 is 0 Å². The van der Waals surface area contributed by atoms with Gasteiger partial charge >= 0.3 is 12.1 Å². The van der Waals surface area contributed by atoms with E-state index in [-0.39, 0.29) is 10.6 Å². The smallest absolute Gasteiger partial charge is 0.416 e. The van der Waals surface area contributed by atoms with Gasteiger partial charge in [0.2, 0.25) is 10.0 Å². The highest BCUT2D eigenvalue weighted by Gasteiger charge is 2.30. The Bertz CT molecular complexity index is 992. The molecule has 2 N–H and O–H groups in total. The van der Waals surface area contributed by atoms with Gasteiger partial charge in [0.05, 0.1) is 10.5 Å². The van der Waals surface area contributed by atoms with Crippen molar-refractivity contribution in [3.8, 4) is 0 Å². The number of alkyl halides is 3. The van der Waals surface area contributed by atoms with Crippen LogP contribution in [-0.2, 0) is 30.5 Å². The van der Waals surface area contributed by atoms with E-state index in [1.807, 2.05) is 4.72 Å². The number of hydrogen-bond donors (Lipinski definition) is 2. The van der Waals surface area contributed by atoms with E-state index in [0.29, 0.717) is 6.07 Å². The fourth-order valence-corrected chi connectivity index (χ4v) is 2.99. The summed E-state index contributed by atoms with van der Waals surface area (Å²) in [7, 11) is -4.10. The number of anilines is 1. The zero-order chi connectivity index (χ0) is 21.7. The van der Waals surface area contributed by atoms with Crippen LogP contribution in [0.15, 0.2) is 53.4 Å². The number of carbonyl (C=O) groups excluding carboxylic acids is 2. The topological polar surface area (TPSA) is 102 Å². The third kappa shape index (κ3) is 6.84. The Morgan fingerprint density at radius 3 is 2.31 bits per heavy atom. The molecule has 0 saturated heterocycles. The summed E-state index contributed by atoms with van der Waals surface area (Å²) in [6.45, 7) is -1.65. The molecule has 2 aromatic rings. The van der Waals surface area contributed by atoms with E-state index < -0.39 is 52.6 Å². The summed E-state index contributed by atoms with van der Waals surface area (Å²) in [4.78, 5) is 23.0. The van der Waals surface area contributed by atoms with Crippen molar-refractivity contribution in [3.63, 3.8) is 0 Å². The maximum absolute atomic E-state index is 12.8. The number of nitrogens with one attached hydrogen (secondary N) is 2. The van der Waals surface area contributed by atoms with Crippen LogP contribution in [0.3, 0.4) is 0 Å². The van der Waals surface area contributed by atoms with E-state index in [0.717, 1.165) is 36.4 Å². The maximum atomic E-state index is 12.8. The van der Waals surface area contributed by atoms with Crippen molar-refractivity contribution in [3.05, 3.63) is 59.9 Å². The standard InChI is InChI=1S/C17H14F4N2O5S/c18-12-4-6-14(7-5-12)29(26,27)22-9-16(25)28-10-15(24)23-13-3-1-2-11(8-13)17(19,20)21/h1-8,22H,9-10H2,(H,23,24). The van der Waals surface area contributed by atoms with Crippen LogP contribution >= 0.6 is 0 Å². The molecule has 156 valence electrons. The Kier molecular flexibility index (Phi) is 6.93. The first-order valence-corrected chi connectivity index (χ1v) is 9.34. The van der Waals surface area contributed by atoms with Gasteiger partial charge in [-0.15, -0.1) is 0 Å². The zero-order valence-corrected chi connectivity index (χ0v) is 15.3. The van der Waals surface area contributed by atoms with Crippen LogP contribution in [0.4, 0.5) is 23.2 Å². The lowest BCUT2D eigenvalue weighted by atomic mass is 10.2. The summed E-state index contributed by atoms with van der Waals surface area (Å²) < 4.78 is 81.0. The predicted octanol–water partition coefficient (Wildman–Crippen LogP) is 2.30. The number of benzene rings is 2. The molecule has 0 aliphatic heterocycles. The van der Waals surface area contributed by atoms with Crippen LogP contribution in [0.25, 0.3) is 0 Å². The lowest BCUT2D eigenvalue weighted by Gasteiger charge is -2.10. The van der Waals surface area contributed by atoms with Gasteiger partial charge in [-0.2, -0.15) is 17.9 Å². The number of rotatable bonds is 7. The second-order valence-electron chi connectivity index (χ2n) is 5.57. The highest BCUT2D eigenvalue weighted by Crippen LogP contribution is 2.30. The number of halogens is 4. The van der Waals surface area contributed by atoms with Crippen LogP contribution in [0.2, 0.25) is 0 Å². The first-order valence-electron chi connectivity index (χ1n) is 7.85. The van der Waals surface area contributed by atoms with Gasteiger partial charge in [-0.1, -0.05) is 6.07 Å². The molecular formula is C17H14F4N2O5S. The van der Waals surface area contributed by atoms with Crippen molar-refractivity contribution in [2.45, 2.75) is 11.1 Å². The molecule has 1 amide bonds. The summed E-state index contributed by atoms with van der Waals surface area (Å²) in [5, 5.41) is 2.12. The van der Waals surface area contributed by atoms with Crippen LogP contribution in [0.1, 0.15) is 5.56 Å². The zero-order valence-electron chi connectivity index (χ0n) is 14.5. The summed E-state index contributed by atoms with van der Waals surface area (Å²) in [5.74, 6) is -2.66. The number of ether oxygens (including phenoxy) is 1. The largest absolute Gasteiger partial charge is 0.455 e. The summed E-state index contributed by atoms with van der Waals surface area (Å²) in [6, 6.07) is 7.66. The first kappa shape index (κ1) is 22.3. The molecule has 29 heavy (non-hydrogen) atoms. The molecule has 0 aliphatic carbocycles. The van der Waals surface area contributed by atoms with Crippen molar-refractivity contribution in [2.24, 2.45) is 0 Å². The summed E-state index contributed by atoms with van der Waals surface area (Å²) >= 11 is 0. The van der Waals surface area contributed by atoms with E-state index in [2.05, 4.69) is 10.1 Å². The lowest BCUT2D eigenvalue weighted by Crippen LogP contribution is -2.32. The predicted molar refractivity (Wildman–Crippen MR) is 92.6 cm³/mol. The minimum Gasteiger partial charge on any atom is -0.455 e. The number of esters is 1. The molecule has 0 aliphatic rings. The van der Waals surface area contributed by atoms with E-state index in [1.54, 1.807) is 0 Å². The lowest BCUT2D eigenvalue weighted by molar-refractivity contribution is -0.146. The van der Waals surface area contributed by atoms with Gasteiger partial charge in [0.1, 0.15) is 12.4 Å². The van der Waals surface area contributed by atoms with Crippen molar-refractivity contribution in [1.29, 1.82) is 0 Å². The van der Waals surface area contributed by atoms with Crippen molar-refractivity contribution >= 4 is 27.6 Å². The normalized spacial score (nSPS) is 11.7. The molecule has 0 bridgehead atoms. The quantitative estimate of drug-likeness (QED) is 0.515. The molecule has 2 rings (SSSR count). The fraction of sp³-hybridized carbons (Fsp3) is 0.176. The Morgan fingerprint density at radius 1 is 1.03 bits per heavy atom. The average Bonchev–Trinajstić information content (AvgIpc) is 2.65.